The molecule has 0 saturated heterocycles. The number of carboxylic acid groups (broad SMARTS) is 1. The van der Waals surface area contributed by atoms with Crippen molar-refractivity contribution in [3.63, 3.8) is 0 Å². The first kappa shape index (κ1) is 19.4. The molecule has 6 heteroatoms. The number of carboxylic acids is 1. The quantitative estimate of drug-likeness (QED) is 0.836. The molecule has 0 fully saturated rings. The third-order valence-electron chi connectivity index (χ3n) is 5.29. The Hall–Kier alpha value is -3.33. The SMILES string of the molecule is Cc1cc(C#N)ccc1N(CC(=O)O)CC(=O)N(C)C1Cc2ccccc2C1. The average molecular weight is 377 g/mol. The number of nitrogens with zero attached hydrogens (tertiary/aromatic N) is 3. The lowest BCUT2D eigenvalue weighted by molar-refractivity contribution is -0.135. The topological polar surface area (TPSA) is 84.6 Å². The van der Waals surface area contributed by atoms with Gasteiger partial charge in [-0.25, -0.2) is 0 Å². The van der Waals surface area contributed by atoms with E-state index < -0.39 is 5.97 Å². The van der Waals surface area contributed by atoms with Gasteiger partial charge in [0.25, 0.3) is 0 Å². The van der Waals surface area contributed by atoms with Gasteiger partial charge < -0.3 is 14.9 Å². The summed E-state index contributed by atoms with van der Waals surface area (Å²) in [5, 5.41) is 18.3. The maximum atomic E-state index is 12.9. The van der Waals surface area contributed by atoms with E-state index in [1.54, 1.807) is 35.0 Å². The van der Waals surface area contributed by atoms with Crippen molar-refractivity contribution >= 4 is 17.6 Å². The Kier molecular flexibility index (Phi) is 5.65. The van der Waals surface area contributed by atoms with E-state index in [2.05, 4.69) is 18.2 Å². The number of aryl methyl sites for hydroxylation is 1. The van der Waals surface area contributed by atoms with E-state index in [1.807, 2.05) is 19.1 Å². The minimum atomic E-state index is -1.01. The highest BCUT2D eigenvalue weighted by Gasteiger charge is 2.28. The molecule has 1 aliphatic carbocycles. The van der Waals surface area contributed by atoms with E-state index in [0.717, 1.165) is 18.4 Å². The highest BCUT2D eigenvalue weighted by Crippen LogP contribution is 2.26. The zero-order valence-corrected chi connectivity index (χ0v) is 16.1. The molecule has 2 aromatic carbocycles. The van der Waals surface area contributed by atoms with Crippen LogP contribution in [-0.2, 0) is 22.4 Å². The first-order chi connectivity index (χ1) is 13.4. The predicted molar refractivity (Wildman–Crippen MR) is 106 cm³/mol. The van der Waals surface area contributed by atoms with Crippen molar-refractivity contribution in [3.8, 4) is 6.07 Å². The second-order valence-corrected chi connectivity index (χ2v) is 7.20. The molecule has 3 rings (SSSR count). The van der Waals surface area contributed by atoms with Crippen molar-refractivity contribution in [2.45, 2.75) is 25.8 Å². The molecule has 6 nitrogen and oxygen atoms in total. The molecule has 28 heavy (non-hydrogen) atoms. The largest absolute Gasteiger partial charge is 0.480 e. The van der Waals surface area contributed by atoms with E-state index in [9.17, 15) is 14.7 Å². The van der Waals surface area contributed by atoms with Crippen molar-refractivity contribution in [1.82, 2.24) is 4.90 Å². The molecule has 0 aliphatic heterocycles. The summed E-state index contributed by atoms with van der Waals surface area (Å²) in [7, 11) is 1.78. The highest BCUT2D eigenvalue weighted by atomic mass is 16.4. The Morgan fingerprint density at radius 1 is 1.14 bits per heavy atom. The number of fused-ring (bicyclic) bond motifs is 1. The van der Waals surface area contributed by atoms with Crippen LogP contribution in [0.15, 0.2) is 42.5 Å². The minimum absolute atomic E-state index is 0.0254. The molecule has 0 unspecified atom stereocenters. The van der Waals surface area contributed by atoms with Crippen LogP contribution in [0, 0.1) is 18.3 Å². The van der Waals surface area contributed by atoms with Crippen molar-refractivity contribution < 1.29 is 14.7 Å². The molecule has 0 atom stereocenters. The zero-order valence-electron chi connectivity index (χ0n) is 16.1. The maximum Gasteiger partial charge on any atom is 0.323 e. The van der Waals surface area contributed by atoms with Crippen molar-refractivity contribution in [3.05, 3.63) is 64.7 Å². The fourth-order valence-corrected chi connectivity index (χ4v) is 3.76. The monoisotopic (exact) mass is 377 g/mol. The number of amides is 1. The summed E-state index contributed by atoms with van der Waals surface area (Å²) in [6, 6.07) is 15.4. The number of aliphatic carboxylic acids is 1. The van der Waals surface area contributed by atoms with Gasteiger partial charge in [0.05, 0.1) is 18.2 Å². The molecule has 0 radical (unpaired) electrons. The number of benzene rings is 2. The molecule has 1 N–H and O–H groups in total. The molecule has 0 heterocycles. The summed E-state index contributed by atoms with van der Waals surface area (Å²) in [5.74, 6) is -1.13. The summed E-state index contributed by atoms with van der Waals surface area (Å²) < 4.78 is 0. The second-order valence-electron chi connectivity index (χ2n) is 7.20. The molecule has 2 aromatic rings. The first-order valence-electron chi connectivity index (χ1n) is 9.19. The fraction of sp³-hybridized carbons (Fsp3) is 0.318. The molecule has 1 amide bonds. The predicted octanol–water partition coefficient (Wildman–Crippen LogP) is 2.38. The van der Waals surface area contributed by atoms with Crippen LogP contribution in [0.2, 0.25) is 0 Å². The Morgan fingerprint density at radius 2 is 1.79 bits per heavy atom. The summed E-state index contributed by atoms with van der Waals surface area (Å²) >= 11 is 0. The Morgan fingerprint density at radius 3 is 2.32 bits per heavy atom. The van der Waals surface area contributed by atoms with Gasteiger partial charge in [-0.2, -0.15) is 5.26 Å². The van der Waals surface area contributed by atoms with E-state index in [1.165, 1.54) is 11.1 Å². The molecule has 1 aliphatic rings. The summed E-state index contributed by atoms with van der Waals surface area (Å²) in [6.45, 7) is 1.51. The molecule has 0 spiro atoms. The number of anilines is 1. The third kappa shape index (κ3) is 4.15. The van der Waals surface area contributed by atoms with Crippen molar-refractivity contribution in [2.24, 2.45) is 0 Å². The molecular weight excluding hydrogens is 354 g/mol. The Balaban J connectivity index is 1.75. The lowest BCUT2D eigenvalue weighted by Crippen LogP contribution is -2.45. The highest BCUT2D eigenvalue weighted by molar-refractivity contribution is 5.85. The number of hydrogen-bond acceptors (Lipinski definition) is 4. The zero-order chi connectivity index (χ0) is 20.3. The molecule has 0 aromatic heterocycles. The number of rotatable bonds is 6. The van der Waals surface area contributed by atoms with Crippen molar-refractivity contribution in [1.29, 1.82) is 5.26 Å². The van der Waals surface area contributed by atoms with E-state index in [4.69, 9.17) is 5.26 Å². The van der Waals surface area contributed by atoms with E-state index in [0.29, 0.717) is 11.3 Å². The van der Waals surface area contributed by atoms with Gasteiger partial charge in [0.2, 0.25) is 5.91 Å². The van der Waals surface area contributed by atoms with E-state index >= 15 is 0 Å². The first-order valence-corrected chi connectivity index (χ1v) is 9.19. The van der Waals surface area contributed by atoms with Gasteiger partial charge in [-0.05, 0) is 54.7 Å². The van der Waals surface area contributed by atoms with Gasteiger partial charge in [-0.1, -0.05) is 24.3 Å². The number of likely N-dealkylation sites (N-methyl/N-ethyl adjacent to an activating group) is 1. The third-order valence-corrected chi connectivity index (χ3v) is 5.29. The average Bonchev–Trinajstić information content (AvgIpc) is 3.10. The van der Waals surface area contributed by atoms with Crippen LogP contribution in [0.5, 0.6) is 0 Å². The Bertz CT molecular complexity index is 923. The number of nitriles is 1. The van der Waals surface area contributed by atoms with Crippen LogP contribution in [0.3, 0.4) is 0 Å². The van der Waals surface area contributed by atoms with Crippen LogP contribution in [-0.4, -0.2) is 48.1 Å². The molecular formula is C22H23N3O3. The number of carbonyl (C=O) groups is 2. The number of hydrogen-bond donors (Lipinski definition) is 1. The van der Waals surface area contributed by atoms with Crippen LogP contribution >= 0.6 is 0 Å². The van der Waals surface area contributed by atoms with Crippen LogP contribution < -0.4 is 4.90 Å². The molecule has 144 valence electrons. The standard InChI is InChI=1S/C22H23N3O3/c1-15-9-16(12-23)7-8-20(15)25(14-22(27)28)13-21(26)24(2)19-10-17-5-3-4-6-18(17)11-19/h3-9,19H,10-11,13-14H2,1-2H3,(H,27,28). The van der Waals surface area contributed by atoms with Gasteiger partial charge in [0.15, 0.2) is 0 Å². The van der Waals surface area contributed by atoms with Crippen LogP contribution in [0.1, 0.15) is 22.3 Å². The summed E-state index contributed by atoms with van der Waals surface area (Å²) in [5.41, 5.74) is 4.44. The molecule has 0 saturated carbocycles. The summed E-state index contributed by atoms with van der Waals surface area (Å²) in [6.07, 6.45) is 1.63. The van der Waals surface area contributed by atoms with Gasteiger partial charge >= 0.3 is 5.97 Å². The number of carbonyl (C=O) groups excluding carboxylic acids is 1. The maximum absolute atomic E-state index is 12.9. The molecule has 0 bridgehead atoms. The van der Waals surface area contributed by atoms with Crippen LogP contribution in [0.4, 0.5) is 5.69 Å². The van der Waals surface area contributed by atoms with Gasteiger partial charge in [0.1, 0.15) is 6.54 Å². The van der Waals surface area contributed by atoms with Crippen molar-refractivity contribution in [2.75, 3.05) is 25.0 Å². The lowest BCUT2D eigenvalue weighted by atomic mass is 10.1. The summed E-state index contributed by atoms with van der Waals surface area (Å²) in [4.78, 5) is 27.6. The second kappa shape index (κ2) is 8.13. The normalized spacial score (nSPS) is 12.9. The van der Waals surface area contributed by atoms with Gasteiger partial charge in [-0.3, -0.25) is 9.59 Å². The fourth-order valence-electron chi connectivity index (χ4n) is 3.76. The lowest BCUT2D eigenvalue weighted by Gasteiger charge is -2.29. The van der Waals surface area contributed by atoms with E-state index in [-0.39, 0.29) is 25.0 Å². The minimum Gasteiger partial charge on any atom is -0.480 e. The smallest absolute Gasteiger partial charge is 0.323 e. The van der Waals surface area contributed by atoms with Gasteiger partial charge in [0, 0.05) is 18.8 Å². The Labute approximate surface area is 164 Å². The van der Waals surface area contributed by atoms with Gasteiger partial charge in [-0.15, -0.1) is 0 Å². The van der Waals surface area contributed by atoms with Crippen LogP contribution in [0.25, 0.3) is 0 Å².